The second-order valence-corrected chi connectivity index (χ2v) is 6.33. The Morgan fingerprint density at radius 1 is 1.16 bits per heavy atom. The van der Waals surface area contributed by atoms with Crippen LogP contribution in [0.3, 0.4) is 0 Å². The molecule has 0 saturated heterocycles. The first-order valence-electron chi connectivity index (χ1n) is 6.61. The van der Waals surface area contributed by atoms with Crippen LogP contribution in [0.2, 0.25) is 0 Å². The van der Waals surface area contributed by atoms with Crippen LogP contribution < -0.4 is 4.83 Å². The molecule has 0 fully saturated rings. The summed E-state index contributed by atoms with van der Waals surface area (Å²) in [5, 5.41) is 4.04. The predicted molar refractivity (Wildman–Crippen MR) is 79.7 cm³/mol. The summed E-state index contributed by atoms with van der Waals surface area (Å²) in [6, 6.07) is 9.68. The van der Waals surface area contributed by atoms with E-state index in [1.54, 1.807) is 0 Å². The number of rotatable bonds is 8. The van der Waals surface area contributed by atoms with Crippen molar-refractivity contribution in [3.63, 3.8) is 0 Å². The maximum atomic E-state index is 11.1. The zero-order valence-electron chi connectivity index (χ0n) is 11.6. The zero-order valence-corrected chi connectivity index (χ0v) is 12.4. The largest absolute Gasteiger partial charge is 0.244 e. The molecule has 1 rings (SSSR count). The lowest BCUT2D eigenvalue weighted by atomic mass is 10.0. The molecule has 1 N–H and O–H groups in total. The molecule has 106 valence electrons. The van der Waals surface area contributed by atoms with Gasteiger partial charge < -0.3 is 0 Å². The molecule has 5 heteroatoms. The van der Waals surface area contributed by atoms with Crippen LogP contribution >= 0.6 is 0 Å². The van der Waals surface area contributed by atoms with Gasteiger partial charge in [0.05, 0.1) is 12.0 Å². The fourth-order valence-corrected chi connectivity index (χ4v) is 2.03. The number of nitrogens with one attached hydrogen (secondary N) is 1. The van der Waals surface area contributed by atoms with Crippen LogP contribution in [0.5, 0.6) is 0 Å². The Balaban J connectivity index is 2.74. The molecule has 0 amide bonds. The van der Waals surface area contributed by atoms with Crippen molar-refractivity contribution in [1.29, 1.82) is 0 Å². The first-order valence-corrected chi connectivity index (χ1v) is 8.51. The minimum Gasteiger partial charge on any atom is -0.206 e. The Morgan fingerprint density at radius 2 is 1.84 bits per heavy atom. The molecule has 4 nitrogen and oxygen atoms in total. The molecule has 1 aromatic rings. The van der Waals surface area contributed by atoms with E-state index in [1.807, 2.05) is 30.3 Å². The van der Waals surface area contributed by atoms with Gasteiger partial charge in [-0.3, -0.25) is 0 Å². The average molecular weight is 282 g/mol. The molecule has 0 saturated carbocycles. The molecule has 0 aliphatic carbocycles. The number of hydrogen-bond donors (Lipinski definition) is 1. The molecular formula is C14H22N2O2S. The van der Waals surface area contributed by atoms with Gasteiger partial charge in [-0.1, -0.05) is 56.5 Å². The third kappa shape index (κ3) is 6.96. The van der Waals surface area contributed by atoms with E-state index in [0.717, 1.165) is 36.8 Å². The molecule has 0 unspecified atom stereocenters. The minimum absolute atomic E-state index is 0.784. The van der Waals surface area contributed by atoms with E-state index >= 15 is 0 Å². The Kier molecular flexibility index (Phi) is 6.56. The van der Waals surface area contributed by atoms with Crippen molar-refractivity contribution >= 4 is 15.7 Å². The van der Waals surface area contributed by atoms with Crippen LogP contribution in [0.15, 0.2) is 35.4 Å². The molecule has 0 radical (unpaired) electrons. The van der Waals surface area contributed by atoms with Crippen molar-refractivity contribution in [2.45, 2.75) is 39.0 Å². The zero-order chi connectivity index (χ0) is 14.1. The van der Waals surface area contributed by atoms with Gasteiger partial charge in [0.25, 0.3) is 0 Å². The van der Waals surface area contributed by atoms with Gasteiger partial charge in [-0.25, -0.2) is 13.2 Å². The van der Waals surface area contributed by atoms with Gasteiger partial charge in [0.15, 0.2) is 0 Å². The highest BCUT2D eigenvalue weighted by Gasteiger charge is 2.05. The standard InChI is InChI=1S/C14H22N2O2S/c1-3-4-5-9-12-14(15-16-19(2,17)18)13-10-7-6-8-11-13/h6-8,10-11,16H,3-5,9,12H2,1-2H3/b15-14-. The number of unbranched alkanes of at least 4 members (excludes halogenated alkanes) is 3. The van der Waals surface area contributed by atoms with Gasteiger partial charge in [-0.05, 0) is 18.4 Å². The van der Waals surface area contributed by atoms with Gasteiger partial charge in [-0.15, -0.1) is 0 Å². The highest BCUT2D eigenvalue weighted by Crippen LogP contribution is 2.10. The van der Waals surface area contributed by atoms with Crippen LogP contribution in [-0.4, -0.2) is 20.4 Å². The predicted octanol–water partition coefficient (Wildman–Crippen LogP) is 2.91. The number of sulfonamides is 1. The van der Waals surface area contributed by atoms with E-state index in [-0.39, 0.29) is 0 Å². The fraction of sp³-hybridized carbons (Fsp3) is 0.500. The molecule has 0 aromatic heterocycles. The van der Waals surface area contributed by atoms with E-state index in [1.165, 1.54) is 12.8 Å². The first-order chi connectivity index (χ1) is 9.03. The van der Waals surface area contributed by atoms with Gasteiger partial charge in [0.2, 0.25) is 10.0 Å². The number of hydrazone groups is 1. The monoisotopic (exact) mass is 282 g/mol. The molecule has 0 aliphatic heterocycles. The summed E-state index contributed by atoms with van der Waals surface area (Å²) in [4.78, 5) is 2.22. The van der Waals surface area contributed by atoms with Crippen molar-refractivity contribution in [2.24, 2.45) is 5.10 Å². The maximum Gasteiger partial charge on any atom is 0.244 e. The molecule has 0 aliphatic rings. The minimum atomic E-state index is -3.30. The van der Waals surface area contributed by atoms with Crippen LogP contribution in [0.25, 0.3) is 0 Å². The number of benzene rings is 1. The van der Waals surface area contributed by atoms with Gasteiger partial charge in [-0.2, -0.15) is 5.10 Å². The Bertz CT molecular complexity index is 495. The van der Waals surface area contributed by atoms with E-state index < -0.39 is 10.0 Å². The second-order valence-electron chi connectivity index (χ2n) is 4.60. The summed E-state index contributed by atoms with van der Waals surface area (Å²) in [5.74, 6) is 0. The summed E-state index contributed by atoms with van der Waals surface area (Å²) < 4.78 is 22.3. The summed E-state index contributed by atoms with van der Waals surface area (Å²) in [5.41, 5.74) is 1.76. The Morgan fingerprint density at radius 3 is 2.42 bits per heavy atom. The van der Waals surface area contributed by atoms with Crippen LogP contribution in [0, 0.1) is 0 Å². The van der Waals surface area contributed by atoms with Gasteiger partial charge >= 0.3 is 0 Å². The van der Waals surface area contributed by atoms with E-state index in [4.69, 9.17) is 0 Å². The molecule has 0 spiro atoms. The van der Waals surface area contributed by atoms with Gasteiger partial charge in [0.1, 0.15) is 0 Å². The lowest BCUT2D eigenvalue weighted by Crippen LogP contribution is -2.18. The van der Waals surface area contributed by atoms with E-state index in [2.05, 4.69) is 16.9 Å². The number of hydrogen-bond acceptors (Lipinski definition) is 3. The molecule has 0 bridgehead atoms. The third-order valence-electron chi connectivity index (χ3n) is 2.72. The second kappa shape index (κ2) is 7.94. The summed E-state index contributed by atoms with van der Waals surface area (Å²) in [6.45, 7) is 2.16. The van der Waals surface area contributed by atoms with Crippen LogP contribution in [0.1, 0.15) is 44.6 Å². The van der Waals surface area contributed by atoms with Crippen LogP contribution in [0.4, 0.5) is 0 Å². The fourth-order valence-electron chi connectivity index (χ4n) is 1.75. The SMILES string of the molecule is CCCCCC/C(=N/NS(C)(=O)=O)c1ccccc1. The molecule has 19 heavy (non-hydrogen) atoms. The average Bonchev–Trinajstić information content (AvgIpc) is 2.38. The third-order valence-corrected chi connectivity index (χ3v) is 3.14. The lowest BCUT2D eigenvalue weighted by molar-refractivity contribution is 0.590. The topological polar surface area (TPSA) is 58.5 Å². The van der Waals surface area contributed by atoms with E-state index in [0.29, 0.717) is 0 Å². The molecule has 0 heterocycles. The van der Waals surface area contributed by atoms with Crippen molar-refractivity contribution in [2.75, 3.05) is 6.26 Å². The van der Waals surface area contributed by atoms with Crippen molar-refractivity contribution < 1.29 is 8.42 Å². The summed E-state index contributed by atoms with van der Waals surface area (Å²) in [6.07, 6.45) is 6.43. The van der Waals surface area contributed by atoms with Crippen molar-refractivity contribution in [1.82, 2.24) is 4.83 Å². The Hall–Kier alpha value is -1.36. The normalized spacial score (nSPS) is 12.4. The Labute approximate surface area is 116 Å². The molecule has 0 atom stereocenters. The van der Waals surface area contributed by atoms with Crippen LogP contribution in [-0.2, 0) is 10.0 Å². The number of nitrogens with zero attached hydrogens (tertiary/aromatic N) is 1. The first kappa shape index (κ1) is 15.7. The lowest BCUT2D eigenvalue weighted by Gasteiger charge is -2.07. The summed E-state index contributed by atoms with van der Waals surface area (Å²) in [7, 11) is -3.30. The van der Waals surface area contributed by atoms with Gasteiger partial charge in [0, 0.05) is 0 Å². The highest BCUT2D eigenvalue weighted by molar-refractivity contribution is 7.88. The molecule has 1 aromatic carbocycles. The molecular weight excluding hydrogens is 260 g/mol. The summed E-state index contributed by atoms with van der Waals surface area (Å²) >= 11 is 0. The van der Waals surface area contributed by atoms with Crippen molar-refractivity contribution in [3.8, 4) is 0 Å². The quantitative estimate of drug-likeness (QED) is 0.453. The van der Waals surface area contributed by atoms with Crippen molar-refractivity contribution in [3.05, 3.63) is 35.9 Å². The van der Waals surface area contributed by atoms with E-state index in [9.17, 15) is 8.42 Å². The smallest absolute Gasteiger partial charge is 0.206 e. The highest BCUT2D eigenvalue weighted by atomic mass is 32.2. The maximum absolute atomic E-state index is 11.1.